The van der Waals surface area contributed by atoms with Crippen molar-refractivity contribution in [3.8, 4) is 6.07 Å². The number of nitrogens with zero attached hydrogens (tertiary/aromatic N) is 1. The van der Waals surface area contributed by atoms with E-state index in [-0.39, 0.29) is 16.1 Å². The van der Waals surface area contributed by atoms with Gasteiger partial charge >= 0.3 is 5.97 Å². The van der Waals surface area contributed by atoms with Crippen LogP contribution < -0.4 is 10.0 Å². The molecule has 1 aromatic heterocycles. The van der Waals surface area contributed by atoms with E-state index in [9.17, 15) is 18.0 Å². The number of anilines is 2. The van der Waals surface area contributed by atoms with Crippen LogP contribution in [0.15, 0.2) is 58.8 Å². The lowest BCUT2D eigenvalue weighted by Crippen LogP contribution is -2.30. The lowest BCUT2D eigenvalue weighted by Gasteiger charge is -2.16. The van der Waals surface area contributed by atoms with Gasteiger partial charge in [0.05, 0.1) is 21.7 Å². The van der Waals surface area contributed by atoms with Crippen LogP contribution in [0.4, 0.5) is 10.7 Å². The Balaban J connectivity index is 1.78. The maximum Gasteiger partial charge on any atom is 0.341 e. The molecule has 0 spiro atoms. The maximum absolute atomic E-state index is 13.0. The number of ether oxygens (including phenoxy) is 1. The second-order valence-corrected chi connectivity index (χ2v) is 9.80. The summed E-state index contributed by atoms with van der Waals surface area (Å²) in [6.07, 6.45) is -1.19. The molecule has 33 heavy (non-hydrogen) atoms. The van der Waals surface area contributed by atoms with Gasteiger partial charge in [0.15, 0.2) is 6.10 Å². The van der Waals surface area contributed by atoms with Gasteiger partial charge in [0.2, 0.25) is 0 Å². The van der Waals surface area contributed by atoms with Crippen molar-refractivity contribution in [3.63, 3.8) is 0 Å². The van der Waals surface area contributed by atoms with Crippen LogP contribution in [0.5, 0.6) is 0 Å². The van der Waals surface area contributed by atoms with E-state index in [1.807, 2.05) is 12.1 Å². The molecular weight excluding hydrogens is 462 g/mol. The van der Waals surface area contributed by atoms with E-state index in [1.165, 1.54) is 30.4 Å². The highest BCUT2D eigenvalue weighted by molar-refractivity contribution is 7.92. The first-order valence-corrected chi connectivity index (χ1v) is 12.2. The van der Waals surface area contributed by atoms with Crippen molar-refractivity contribution in [2.75, 3.05) is 10.0 Å². The first-order valence-electron chi connectivity index (χ1n) is 9.81. The Morgan fingerprint density at radius 1 is 1.12 bits per heavy atom. The van der Waals surface area contributed by atoms with Crippen LogP contribution >= 0.6 is 11.3 Å². The van der Waals surface area contributed by atoms with E-state index in [2.05, 4.69) is 10.0 Å². The third-order valence-electron chi connectivity index (χ3n) is 4.70. The molecule has 3 rings (SSSR count). The fraction of sp³-hybridized carbons (Fsp3) is 0.174. The summed E-state index contributed by atoms with van der Waals surface area (Å²) in [5.74, 6) is -1.49. The zero-order chi connectivity index (χ0) is 24.2. The van der Waals surface area contributed by atoms with Crippen LogP contribution in [0.2, 0.25) is 0 Å². The summed E-state index contributed by atoms with van der Waals surface area (Å²) in [4.78, 5) is 25.3. The fourth-order valence-electron chi connectivity index (χ4n) is 2.93. The molecule has 2 N–H and O–H groups in total. The van der Waals surface area contributed by atoms with Crippen molar-refractivity contribution in [3.05, 3.63) is 76.2 Å². The fourth-order valence-corrected chi connectivity index (χ4v) is 5.08. The molecule has 0 aliphatic rings. The van der Waals surface area contributed by atoms with Crippen LogP contribution in [-0.2, 0) is 19.6 Å². The minimum absolute atomic E-state index is 0.0287. The van der Waals surface area contributed by atoms with Crippen molar-refractivity contribution < 1.29 is 22.7 Å². The highest BCUT2D eigenvalue weighted by atomic mass is 32.2. The first-order chi connectivity index (χ1) is 15.6. The SMILES string of the molecule is Cc1ccc(C)c(S(=O)(=O)Nc2ccccc2C(=O)OC(C)C(=O)Nc2sccc2C#N)c1. The van der Waals surface area contributed by atoms with E-state index in [4.69, 9.17) is 10.00 Å². The summed E-state index contributed by atoms with van der Waals surface area (Å²) in [6.45, 7) is 4.85. The number of nitrogens with one attached hydrogen (secondary N) is 2. The number of amides is 1. The van der Waals surface area contributed by atoms with Crippen LogP contribution in [0.3, 0.4) is 0 Å². The number of thiophene rings is 1. The maximum atomic E-state index is 13.0. The molecule has 0 aliphatic heterocycles. The van der Waals surface area contributed by atoms with Gasteiger partial charge in [-0.2, -0.15) is 5.26 Å². The molecule has 0 radical (unpaired) electrons. The van der Waals surface area contributed by atoms with Crippen LogP contribution in [0, 0.1) is 25.2 Å². The van der Waals surface area contributed by atoms with E-state index in [1.54, 1.807) is 49.6 Å². The number of hydrogen-bond donors (Lipinski definition) is 2. The summed E-state index contributed by atoms with van der Waals surface area (Å²) >= 11 is 1.17. The Bertz CT molecular complexity index is 1360. The number of hydrogen-bond acceptors (Lipinski definition) is 7. The summed E-state index contributed by atoms with van der Waals surface area (Å²) in [5, 5.41) is 13.6. The average Bonchev–Trinajstić information content (AvgIpc) is 3.22. The van der Waals surface area contributed by atoms with Crippen molar-refractivity contribution in [1.82, 2.24) is 0 Å². The highest BCUT2D eigenvalue weighted by Gasteiger charge is 2.24. The number of para-hydroxylation sites is 1. The highest BCUT2D eigenvalue weighted by Crippen LogP contribution is 2.25. The number of carbonyl (C=O) groups is 2. The second-order valence-electron chi connectivity index (χ2n) is 7.23. The molecule has 8 nitrogen and oxygen atoms in total. The smallest absolute Gasteiger partial charge is 0.341 e. The number of carbonyl (C=O) groups excluding carboxylic acids is 2. The number of benzene rings is 2. The Hall–Kier alpha value is -3.68. The summed E-state index contributed by atoms with van der Waals surface area (Å²) in [6, 6.07) is 14.6. The van der Waals surface area contributed by atoms with Gasteiger partial charge in [-0.3, -0.25) is 9.52 Å². The Labute approximate surface area is 195 Å². The summed E-state index contributed by atoms with van der Waals surface area (Å²) in [5.41, 5.74) is 1.63. The normalized spacial score (nSPS) is 11.8. The quantitative estimate of drug-likeness (QED) is 0.485. The Kier molecular flexibility index (Phi) is 7.16. The summed E-state index contributed by atoms with van der Waals surface area (Å²) < 4.78 is 33.6. The minimum atomic E-state index is -3.98. The van der Waals surface area contributed by atoms with Gasteiger partial charge < -0.3 is 10.1 Å². The van der Waals surface area contributed by atoms with Gasteiger partial charge in [0, 0.05) is 0 Å². The number of nitriles is 1. The summed E-state index contributed by atoms with van der Waals surface area (Å²) in [7, 11) is -3.98. The largest absolute Gasteiger partial charge is 0.449 e. The van der Waals surface area contributed by atoms with E-state index in [0.717, 1.165) is 5.56 Å². The molecule has 1 heterocycles. The molecule has 1 unspecified atom stereocenters. The topological polar surface area (TPSA) is 125 Å². The predicted molar refractivity (Wildman–Crippen MR) is 126 cm³/mol. The van der Waals surface area contributed by atoms with Gasteiger partial charge in [0.1, 0.15) is 11.1 Å². The number of rotatable bonds is 7. The third-order valence-corrected chi connectivity index (χ3v) is 7.04. The molecule has 0 aliphatic carbocycles. The molecule has 1 atom stereocenters. The molecule has 0 saturated carbocycles. The molecule has 1 amide bonds. The zero-order valence-electron chi connectivity index (χ0n) is 18.1. The standard InChI is InChI=1S/C23H21N3O5S2/c1-14-8-9-15(2)20(12-14)33(29,30)26-19-7-5-4-6-18(19)23(28)31-16(3)21(27)25-22-17(13-24)10-11-32-22/h4-12,16,26H,1-3H3,(H,25,27). The molecule has 0 bridgehead atoms. The van der Waals surface area contributed by atoms with E-state index in [0.29, 0.717) is 16.1 Å². The van der Waals surface area contributed by atoms with Crippen molar-refractivity contribution in [2.45, 2.75) is 31.8 Å². The number of sulfonamides is 1. The average molecular weight is 484 g/mol. The van der Waals surface area contributed by atoms with Crippen LogP contribution in [0.25, 0.3) is 0 Å². The molecule has 0 fully saturated rings. The van der Waals surface area contributed by atoms with E-state index < -0.39 is 28.0 Å². The Morgan fingerprint density at radius 2 is 1.85 bits per heavy atom. The molecule has 3 aromatic rings. The molecule has 2 aromatic carbocycles. The predicted octanol–water partition coefficient (Wildman–Crippen LogP) is 4.22. The monoisotopic (exact) mass is 483 g/mol. The lowest BCUT2D eigenvalue weighted by molar-refractivity contribution is -0.123. The minimum Gasteiger partial charge on any atom is -0.449 e. The number of aryl methyl sites for hydroxylation is 2. The first kappa shape index (κ1) is 24.0. The van der Waals surface area contributed by atoms with Crippen LogP contribution in [0.1, 0.15) is 34.0 Å². The molecule has 170 valence electrons. The third kappa shape index (κ3) is 5.58. The zero-order valence-corrected chi connectivity index (χ0v) is 19.7. The molecule has 10 heteroatoms. The van der Waals surface area contributed by atoms with E-state index >= 15 is 0 Å². The lowest BCUT2D eigenvalue weighted by atomic mass is 10.2. The molecule has 0 saturated heterocycles. The van der Waals surface area contributed by atoms with Gasteiger partial charge in [0.25, 0.3) is 15.9 Å². The van der Waals surface area contributed by atoms with Gasteiger partial charge in [-0.25, -0.2) is 13.2 Å². The molecular formula is C23H21N3O5S2. The van der Waals surface area contributed by atoms with Crippen molar-refractivity contribution >= 4 is 43.9 Å². The van der Waals surface area contributed by atoms with Gasteiger partial charge in [-0.15, -0.1) is 11.3 Å². The second kappa shape index (κ2) is 9.85. The van der Waals surface area contributed by atoms with Crippen LogP contribution in [-0.4, -0.2) is 26.4 Å². The Morgan fingerprint density at radius 3 is 2.58 bits per heavy atom. The van der Waals surface area contributed by atoms with Gasteiger partial charge in [-0.05, 0) is 61.5 Å². The van der Waals surface area contributed by atoms with Crippen molar-refractivity contribution in [2.24, 2.45) is 0 Å². The number of esters is 1. The van der Waals surface area contributed by atoms with Gasteiger partial charge in [-0.1, -0.05) is 24.3 Å². The van der Waals surface area contributed by atoms with Crippen molar-refractivity contribution in [1.29, 1.82) is 5.26 Å².